The Hall–Kier alpha value is -1.49. The molecule has 0 bridgehead atoms. The lowest BCUT2D eigenvalue weighted by atomic mass is 9.90. The van der Waals surface area contributed by atoms with Crippen molar-refractivity contribution in [2.24, 2.45) is 11.8 Å². The van der Waals surface area contributed by atoms with Crippen molar-refractivity contribution in [1.29, 1.82) is 0 Å². The van der Waals surface area contributed by atoms with E-state index in [-0.39, 0.29) is 11.8 Å². The first kappa shape index (κ1) is 17.3. The molecule has 0 N–H and O–H groups in total. The summed E-state index contributed by atoms with van der Waals surface area (Å²) in [6, 6.07) is 4.11. The van der Waals surface area contributed by atoms with E-state index in [9.17, 15) is 13.6 Å². The molecule has 1 amide bonds. The van der Waals surface area contributed by atoms with Gasteiger partial charge in [0.05, 0.1) is 0 Å². The van der Waals surface area contributed by atoms with Gasteiger partial charge in [-0.15, -0.1) is 0 Å². The Morgan fingerprint density at radius 2 is 1.96 bits per heavy atom. The number of benzene rings is 1. The summed E-state index contributed by atoms with van der Waals surface area (Å²) in [5.74, 6) is -0.757. The fourth-order valence-corrected chi connectivity index (χ4v) is 3.77. The van der Waals surface area contributed by atoms with Crippen molar-refractivity contribution in [2.75, 3.05) is 26.3 Å². The van der Waals surface area contributed by atoms with Crippen molar-refractivity contribution < 1.29 is 18.3 Å². The van der Waals surface area contributed by atoms with Gasteiger partial charge in [-0.1, -0.05) is 6.07 Å². The minimum Gasteiger partial charge on any atom is -0.381 e. The molecule has 3 rings (SSSR count). The molecule has 1 atom stereocenters. The highest BCUT2D eigenvalue weighted by Gasteiger charge is 2.29. The van der Waals surface area contributed by atoms with Crippen molar-refractivity contribution in [3.8, 4) is 0 Å². The number of aryl methyl sites for hydroxylation is 1. The van der Waals surface area contributed by atoms with Crippen LogP contribution in [0.15, 0.2) is 18.2 Å². The van der Waals surface area contributed by atoms with Crippen LogP contribution in [0.3, 0.4) is 0 Å². The molecule has 1 aromatic rings. The first-order chi connectivity index (χ1) is 11.6. The second-order valence-corrected chi connectivity index (χ2v) is 6.97. The molecule has 0 unspecified atom stereocenters. The Labute approximate surface area is 142 Å². The number of ether oxygens (including phenoxy) is 1. The molecule has 24 heavy (non-hydrogen) atoms. The quantitative estimate of drug-likeness (QED) is 0.841. The van der Waals surface area contributed by atoms with Crippen LogP contribution in [0.2, 0.25) is 0 Å². The predicted molar refractivity (Wildman–Crippen MR) is 87.5 cm³/mol. The van der Waals surface area contributed by atoms with E-state index in [1.807, 2.05) is 4.90 Å². The number of carbonyl (C=O) groups excluding carboxylic acids is 1. The number of nitrogens with zero attached hydrogens (tertiary/aromatic N) is 1. The molecule has 2 aliphatic rings. The number of hydrogen-bond donors (Lipinski definition) is 0. The third-order valence-electron chi connectivity index (χ3n) is 5.23. The number of hydrogen-bond acceptors (Lipinski definition) is 2. The number of halogens is 2. The number of rotatable bonds is 4. The van der Waals surface area contributed by atoms with Crippen molar-refractivity contribution in [3.05, 3.63) is 35.4 Å². The molecule has 1 aromatic carbocycles. The van der Waals surface area contributed by atoms with Crippen molar-refractivity contribution in [1.82, 2.24) is 4.90 Å². The zero-order valence-corrected chi connectivity index (χ0v) is 14.0. The average molecular weight is 337 g/mol. The van der Waals surface area contributed by atoms with E-state index in [1.165, 1.54) is 12.1 Å². The largest absolute Gasteiger partial charge is 0.381 e. The zero-order chi connectivity index (χ0) is 16.9. The van der Waals surface area contributed by atoms with Crippen molar-refractivity contribution in [3.63, 3.8) is 0 Å². The average Bonchev–Trinajstić information content (AvgIpc) is 2.63. The number of amides is 1. The van der Waals surface area contributed by atoms with E-state index in [2.05, 4.69) is 0 Å². The van der Waals surface area contributed by atoms with Gasteiger partial charge in [0.1, 0.15) is 0 Å². The van der Waals surface area contributed by atoms with Crippen LogP contribution in [-0.4, -0.2) is 37.1 Å². The maximum atomic E-state index is 13.3. The van der Waals surface area contributed by atoms with E-state index in [4.69, 9.17) is 4.74 Å². The van der Waals surface area contributed by atoms with Crippen LogP contribution in [0, 0.1) is 23.5 Å². The summed E-state index contributed by atoms with van der Waals surface area (Å²) in [6.45, 7) is 3.01. The fraction of sp³-hybridized carbons (Fsp3) is 0.632. The molecule has 2 heterocycles. The standard InChI is InChI=1S/C19H25F2NO2/c20-17-6-5-14(12-18(17)21)3-4-15-2-1-9-22(13-15)19(23)16-7-10-24-11-8-16/h5-6,12,15-16H,1-4,7-11,13H2/t15-/m1/s1. The molecule has 0 saturated carbocycles. The van der Waals surface area contributed by atoms with Gasteiger partial charge in [0, 0.05) is 32.2 Å². The molecule has 3 nitrogen and oxygen atoms in total. The van der Waals surface area contributed by atoms with Gasteiger partial charge >= 0.3 is 0 Å². The first-order valence-corrected chi connectivity index (χ1v) is 8.94. The zero-order valence-electron chi connectivity index (χ0n) is 14.0. The van der Waals surface area contributed by atoms with Crippen LogP contribution >= 0.6 is 0 Å². The molecular weight excluding hydrogens is 312 g/mol. The molecule has 0 radical (unpaired) electrons. The van der Waals surface area contributed by atoms with Crippen LogP contribution in [0.4, 0.5) is 8.78 Å². The highest BCUT2D eigenvalue weighted by atomic mass is 19.2. The summed E-state index contributed by atoms with van der Waals surface area (Å²) in [7, 11) is 0. The molecule has 132 valence electrons. The Balaban J connectivity index is 1.51. The number of likely N-dealkylation sites (tertiary alicyclic amines) is 1. The van der Waals surface area contributed by atoms with Gasteiger partial charge in [-0.3, -0.25) is 4.79 Å². The smallest absolute Gasteiger partial charge is 0.225 e. The highest BCUT2D eigenvalue weighted by Crippen LogP contribution is 2.25. The normalized spacial score (nSPS) is 22.6. The Bertz CT molecular complexity index is 572. The van der Waals surface area contributed by atoms with Crippen molar-refractivity contribution >= 4 is 5.91 Å². The maximum Gasteiger partial charge on any atom is 0.225 e. The van der Waals surface area contributed by atoms with Gasteiger partial charge in [-0.05, 0) is 62.1 Å². The van der Waals surface area contributed by atoms with Crippen LogP contribution < -0.4 is 0 Å². The molecule has 5 heteroatoms. The summed E-state index contributed by atoms with van der Waals surface area (Å²) in [5.41, 5.74) is 0.821. The monoisotopic (exact) mass is 337 g/mol. The summed E-state index contributed by atoms with van der Waals surface area (Å²) in [6.07, 6.45) is 5.41. The lowest BCUT2D eigenvalue weighted by molar-refractivity contribution is -0.140. The van der Waals surface area contributed by atoms with Gasteiger partial charge in [0.15, 0.2) is 11.6 Å². The van der Waals surface area contributed by atoms with E-state index in [0.717, 1.165) is 57.2 Å². The Morgan fingerprint density at radius 1 is 1.17 bits per heavy atom. The summed E-state index contributed by atoms with van der Waals surface area (Å²) < 4.78 is 31.6. The Morgan fingerprint density at radius 3 is 2.71 bits per heavy atom. The van der Waals surface area contributed by atoms with E-state index in [0.29, 0.717) is 19.1 Å². The number of carbonyl (C=O) groups is 1. The lowest BCUT2D eigenvalue weighted by Gasteiger charge is -2.36. The summed E-state index contributed by atoms with van der Waals surface area (Å²) >= 11 is 0. The molecule has 2 fully saturated rings. The highest BCUT2D eigenvalue weighted by molar-refractivity contribution is 5.79. The van der Waals surface area contributed by atoms with Gasteiger partial charge < -0.3 is 9.64 Å². The maximum absolute atomic E-state index is 13.3. The summed E-state index contributed by atoms with van der Waals surface area (Å²) in [5, 5.41) is 0. The SMILES string of the molecule is O=C(C1CCOCC1)N1CCC[C@H](CCc2ccc(F)c(F)c2)C1. The van der Waals surface area contributed by atoms with Gasteiger partial charge in [-0.25, -0.2) is 8.78 Å². The second kappa shape index (κ2) is 8.06. The third kappa shape index (κ3) is 4.32. The third-order valence-corrected chi connectivity index (χ3v) is 5.23. The minimum absolute atomic E-state index is 0.115. The second-order valence-electron chi connectivity index (χ2n) is 6.97. The lowest BCUT2D eigenvalue weighted by Crippen LogP contribution is -2.44. The number of piperidine rings is 1. The Kier molecular flexibility index (Phi) is 5.82. The van der Waals surface area contributed by atoms with E-state index >= 15 is 0 Å². The van der Waals surface area contributed by atoms with E-state index in [1.54, 1.807) is 6.07 Å². The predicted octanol–water partition coefficient (Wildman–Crippen LogP) is 3.56. The molecule has 2 aliphatic heterocycles. The molecular formula is C19H25F2NO2. The molecule has 2 saturated heterocycles. The fourth-order valence-electron chi connectivity index (χ4n) is 3.77. The first-order valence-electron chi connectivity index (χ1n) is 8.94. The van der Waals surface area contributed by atoms with Gasteiger partial charge in [-0.2, -0.15) is 0 Å². The van der Waals surface area contributed by atoms with Crippen molar-refractivity contribution in [2.45, 2.75) is 38.5 Å². The molecule has 0 spiro atoms. The van der Waals surface area contributed by atoms with E-state index < -0.39 is 11.6 Å². The minimum atomic E-state index is -0.801. The molecule has 0 aliphatic carbocycles. The van der Waals surface area contributed by atoms with Crippen LogP contribution in [0.1, 0.15) is 37.7 Å². The summed E-state index contributed by atoms with van der Waals surface area (Å²) in [4.78, 5) is 14.6. The van der Waals surface area contributed by atoms with Gasteiger partial charge in [0.25, 0.3) is 0 Å². The topological polar surface area (TPSA) is 29.5 Å². The van der Waals surface area contributed by atoms with Gasteiger partial charge in [0.2, 0.25) is 5.91 Å². The van der Waals surface area contributed by atoms with Crippen LogP contribution in [0.5, 0.6) is 0 Å². The van der Waals surface area contributed by atoms with Crippen LogP contribution in [-0.2, 0) is 16.0 Å². The molecule has 0 aromatic heterocycles. The van der Waals surface area contributed by atoms with Crippen LogP contribution in [0.25, 0.3) is 0 Å².